The molecule has 5 amide bonds. The third-order valence-corrected chi connectivity index (χ3v) is 11.0. The molecule has 1 saturated carbocycles. The van der Waals surface area contributed by atoms with Crippen LogP contribution in [0.4, 0.5) is 30.0 Å². The Balaban J connectivity index is 0.000000767. The van der Waals surface area contributed by atoms with Gasteiger partial charge in [0.2, 0.25) is 29.4 Å². The Labute approximate surface area is 459 Å². The van der Waals surface area contributed by atoms with E-state index in [2.05, 4.69) is 26.6 Å². The summed E-state index contributed by atoms with van der Waals surface area (Å²) in [6.45, 7) is 5.06. The molecular formula is C54H54F6N5O11PRu+. The Morgan fingerprint density at radius 2 is 0.949 bits per heavy atom. The van der Waals surface area contributed by atoms with Crippen LogP contribution in [0.2, 0.25) is 0 Å². The summed E-state index contributed by atoms with van der Waals surface area (Å²) >= 11 is 0. The number of ether oxygens (including phenoxy) is 5. The van der Waals surface area contributed by atoms with Gasteiger partial charge in [-0.15, -0.1) is 0 Å². The van der Waals surface area contributed by atoms with E-state index in [4.69, 9.17) is 23.7 Å². The van der Waals surface area contributed by atoms with E-state index in [0.29, 0.717) is 33.8 Å². The Kier molecular flexibility index (Phi) is 20.1. The van der Waals surface area contributed by atoms with Gasteiger partial charge in [0.05, 0.1) is 14.2 Å². The van der Waals surface area contributed by atoms with Gasteiger partial charge in [-0.25, -0.2) is 9.59 Å². The van der Waals surface area contributed by atoms with Crippen LogP contribution in [0.1, 0.15) is 66.7 Å². The van der Waals surface area contributed by atoms with Crippen LogP contribution >= 0.6 is 7.81 Å². The minimum Gasteiger partial charge on any atom is -0.0312 e. The molecule has 0 aromatic heterocycles. The molecule has 5 aromatic rings. The SMILES string of the molecule is COC(=O)[C@H]1Cc2ccc(cc2)Oc2cc3cc(c2OC)Oc2ccc(cc2)C[C@@H](NC(=O)OC(C)(C)C)C(=O)N[C@H](c2ccccc2)C(=O)N[C@@H]3C(=O)N[C@H](c2ccccc2)C(=O)N1.F[P-](F)(F)(F)(F)F.[CH]1[CH][CH][CH][CH]1.[Ru+2]. The van der Waals surface area contributed by atoms with Crippen LogP contribution in [0.15, 0.2) is 121 Å². The van der Waals surface area contributed by atoms with Crippen LogP contribution in [0.3, 0.4) is 0 Å². The van der Waals surface area contributed by atoms with Crippen molar-refractivity contribution in [1.29, 1.82) is 0 Å². The van der Waals surface area contributed by atoms with E-state index < -0.39 is 79.3 Å². The van der Waals surface area contributed by atoms with Gasteiger partial charge in [-0.3, -0.25) is 19.2 Å². The standard InChI is InChI=1S/C49H49N5O11.C5H5.F6P.Ru/c1-49(2,3)65-48(60)51-35-24-28-16-20-33(21-17-28)63-37-26-32-27-38(42(37)61-4)64-34-22-18-29(19-23-34)25-36(47(59)62-5)50-44(56)39(30-12-8-6-9-13-30)53-46(58)41(32)54-45(57)40(52-43(35)55)31-14-10-7-11-15-31;1-2-4-5-3-1;1-7(2,3,4,5)6;/h6-23,26-27,35-36,39-41H,24-25H2,1-5H3,(H,50,56)(H,51,60)(H,52,55)(H,53,58)(H,54,57);1-5H;;/q;;-1;+2/t35-,36-,39-,40-,41+;;;/m1.../s1. The van der Waals surface area contributed by atoms with Gasteiger partial charge in [0, 0.05) is 12.8 Å². The zero-order valence-electron chi connectivity index (χ0n) is 42.3. The van der Waals surface area contributed by atoms with Gasteiger partial charge < -0.3 is 50.3 Å². The van der Waals surface area contributed by atoms with Crippen molar-refractivity contribution in [3.8, 4) is 28.7 Å². The van der Waals surface area contributed by atoms with Crippen molar-refractivity contribution in [2.24, 2.45) is 0 Å². The molecule has 78 heavy (non-hydrogen) atoms. The molecule has 5 N–H and O–H groups in total. The molecule has 10 rings (SSSR count). The minimum absolute atomic E-state index is 0. The van der Waals surface area contributed by atoms with E-state index in [9.17, 15) is 49.2 Å². The molecule has 16 nitrogen and oxygen atoms in total. The number of hydrogen-bond acceptors (Lipinski definition) is 11. The van der Waals surface area contributed by atoms with Crippen LogP contribution < -0.4 is 40.8 Å². The summed E-state index contributed by atoms with van der Waals surface area (Å²) in [7, 11) is -8.03. The van der Waals surface area contributed by atoms with Crippen molar-refractivity contribution in [3.05, 3.63) is 181 Å². The Bertz CT molecular complexity index is 2880. The second kappa shape index (κ2) is 25.5. The van der Waals surface area contributed by atoms with E-state index in [0.717, 1.165) is 0 Å². The van der Waals surface area contributed by atoms with Crippen LogP contribution in [0.5, 0.6) is 28.7 Å². The predicted molar refractivity (Wildman–Crippen MR) is 271 cm³/mol. The van der Waals surface area contributed by atoms with Crippen LogP contribution in [0, 0.1) is 32.1 Å². The van der Waals surface area contributed by atoms with E-state index in [1.807, 2.05) is 32.1 Å². The van der Waals surface area contributed by atoms with Gasteiger partial charge in [-0.05, 0) is 117 Å². The molecule has 0 unspecified atom stereocenters. The zero-order chi connectivity index (χ0) is 56.2. The van der Waals surface area contributed by atoms with Crippen molar-refractivity contribution in [1.82, 2.24) is 26.6 Å². The van der Waals surface area contributed by atoms with E-state index in [1.165, 1.54) is 26.4 Å². The fourth-order valence-corrected chi connectivity index (χ4v) is 7.69. The maximum Gasteiger partial charge on any atom is 2.00 e. The Hall–Kier alpha value is -7.25. The first-order valence-electron chi connectivity index (χ1n) is 23.5. The number of benzene rings is 5. The quantitative estimate of drug-likeness (QED) is 0.0484. The first-order valence-corrected chi connectivity index (χ1v) is 25.5. The molecule has 5 aromatic carbocycles. The minimum atomic E-state index is -10.7. The Morgan fingerprint density at radius 3 is 1.35 bits per heavy atom. The molecule has 7 bridgehead atoms. The summed E-state index contributed by atoms with van der Waals surface area (Å²) in [5.74, 6) is -2.92. The number of amides is 5. The topological polar surface area (TPSA) is 209 Å². The molecule has 0 saturated heterocycles. The summed E-state index contributed by atoms with van der Waals surface area (Å²) < 4.78 is 88.5. The normalized spacial score (nSPS) is 20.4. The average Bonchev–Trinajstić information content (AvgIpc) is 3.96. The smallest absolute Gasteiger partial charge is 0.0312 e. The van der Waals surface area contributed by atoms with E-state index in [1.54, 1.807) is 130 Å². The van der Waals surface area contributed by atoms with Crippen LogP contribution in [-0.2, 0) is 65.8 Å². The van der Waals surface area contributed by atoms with Crippen molar-refractivity contribution in [3.63, 3.8) is 0 Å². The number of carbonyl (C=O) groups excluding carboxylic acids is 6. The first-order chi connectivity index (χ1) is 36.1. The van der Waals surface area contributed by atoms with Crippen molar-refractivity contribution in [2.75, 3.05) is 14.2 Å². The Morgan fingerprint density at radius 1 is 0.564 bits per heavy atom. The van der Waals surface area contributed by atoms with Crippen molar-refractivity contribution in [2.45, 2.75) is 69.4 Å². The monoisotopic (exact) mass is 1200 g/mol. The molecule has 415 valence electrons. The summed E-state index contributed by atoms with van der Waals surface area (Å²) in [6, 6.07) is 26.4. The molecule has 4 aliphatic heterocycles. The van der Waals surface area contributed by atoms with Crippen molar-refractivity contribution < 1.29 is 97.1 Å². The van der Waals surface area contributed by atoms with Gasteiger partial charge in [0.1, 0.15) is 47.3 Å². The number of methoxy groups -OCH3 is 2. The number of rotatable bonds is 5. The number of alkyl carbamates (subject to hydrolysis) is 1. The van der Waals surface area contributed by atoms with Gasteiger partial charge in [-0.2, -0.15) is 0 Å². The molecule has 24 heteroatoms. The van der Waals surface area contributed by atoms with Gasteiger partial charge >= 0.3 is 64.5 Å². The van der Waals surface area contributed by atoms with Crippen LogP contribution in [-0.4, -0.2) is 67.6 Å². The van der Waals surface area contributed by atoms with E-state index in [-0.39, 0.29) is 55.1 Å². The molecule has 1 aliphatic carbocycles. The summed E-state index contributed by atoms with van der Waals surface area (Å²) in [4.78, 5) is 84.9. The number of esters is 1. The second-order valence-corrected chi connectivity index (χ2v) is 20.2. The summed E-state index contributed by atoms with van der Waals surface area (Å²) in [6.07, 6.45) is 9.16. The molecule has 5 atom stereocenters. The molecular weight excluding hydrogens is 1140 g/mol. The van der Waals surface area contributed by atoms with E-state index >= 15 is 4.79 Å². The number of halogens is 6. The fraction of sp³-hybridized carbons (Fsp3) is 0.241. The summed E-state index contributed by atoms with van der Waals surface area (Å²) in [5, 5.41) is 13.8. The van der Waals surface area contributed by atoms with Gasteiger partial charge in [0.25, 0.3) is 0 Å². The largest absolute Gasteiger partial charge is 2.00 e. The second-order valence-electron chi connectivity index (χ2n) is 18.3. The first kappa shape index (κ1) is 61.6. The average molecular weight is 1200 g/mol. The molecule has 0 spiro atoms. The zero-order valence-corrected chi connectivity index (χ0v) is 44.9. The number of carbonyl (C=O) groups is 6. The molecule has 4 heterocycles. The third kappa shape index (κ3) is 19.6. The number of fused-ring (bicyclic) bond motifs is 16. The summed E-state index contributed by atoms with van der Waals surface area (Å²) in [5.41, 5.74) is 1.24. The molecule has 1 fully saturated rings. The maximum atomic E-state index is 15.0. The van der Waals surface area contributed by atoms with Crippen LogP contribution in [0.25, 0.3) is 0 Å². The van der Waals surface area contributed by atoms with Gasteiger partial charge in [0.15, 0.2) is 11.5 Å². The molecule has 5 radical (unpaired) electrons. The van der Waals surface area contributed by atoms with Crippen molar-refractivity contribution >= 4 is 43.5 Å². The number of nitrogens with one attached hydrogen (secondary N) is 5. The fourth-order valence-electron chi connectivity index (χ4n) is 7.69. The molecule has 5 aliphatic rings. The van der Waals surface area contributed by atoms with Gasteiger partial charge in [-0.1, -0.05) is 84.9 Å². The predicted octanol–water partition coefficient (Wildman–Crippen LogP) is 10.2. The third-order valence-electron chi connectivity index (χ3n) is 11.0. The number of hydrogen-bond donors (Lipinski definition) is 5. The maximum absolute atomic E-state index is 15.0.